The van der Waals surface area contributed by atoms with Crippen molar-refractivity contribution >= 4 is 28.6 Å². The number of fused-ring (bicyclic) bond motifs is 1. The van der Waals surface area contributed by atoms with E-state index in [1.807, 2.05) is 41.8 Å². The van der Waals surface area contributed by atoms with Gasteiger partial charge in [-0.15, -0.1) is 11.3 Å². The van der Waals surface area contributed by atoms with Crippen molar-refractivity contribution in [2.75, 3.05) is 0 Å². The molecule has 0 aliphatic rings. The number of aldehydes is 1. The van der Waals surface area contributed by atoms with Crippen molar-refractivity contribution in [1.29, 1.82) is 0 Å². The van der Waals surface area contributed by atoms with Gasteiger partial charge in [0.2, 0.25) is 0 Å². The van der Waals surface area contributed by atoms with E-state index in [4.69, 9.17) is 4.42 Å². The molecule has 2 nitrogen and oxygen atoms in total. The summed E-state index contributed by atoms with van der Waals surface area (Å²) in [7, 11) is 0. The Labute approximate surface area is 102 Å². The lowest BCUT2D eigenvalue weighted by atomic mass is 10.1. The summed E-state index contributed by atoms with van der Waals surface area (Å²) in [6, 6.07) is 11.9. The van der Waals surface area contributed by atoms with E-state index in [0.717, 1.165) is 33.5 Å². The van der Waals surface area contributed by atoms with E-state index in [2.05, 4.69) is 0 Å². The first-order valence-corrected chi connectivity index (χ1v) is 6.24. The first kappa shape index (κ1) is 10.3. The second-order valence-electron chi connectivity index (χ2n) is 3.86. The second-order valence-corrected chi connectivity index (χ2v) is 4.80. The third-order valence-corrected chi connectivity index (χ3v) is 3.61. The van der Waals surface area contributed by atoms with Gasteiger partial charge in [-0.25, -0.2) is 0 Å². The van der Waals surface area contributed by atoms with Gasteiger partial charge >= 0.3 is 0 Å². The topological polar surface area (TPSA) is 30.2 Å². The standard InChI is InChI=1S/C14H10O2S/c15-9-14-11(5-6-17-14)8-12-7-10-3-1-2-4-13(10)16-12/h1-7,9H,8H2. The monoisotopic (exact) mass is 242 g/mol. The maximum atomic E-state index is 10.8. The Bertz CT molecular complexity index is 630. The first-order chi connectivity index (χ1) is 8.36. The van der Waals surface area contributed by atoms with E-state index in [0.29, 0.717) is 6.42 Å². The van der Waals surface area contributed by atoms with Crippen LogP contribution in [-0.2, 0) is 6.42 Å². The van der Waals surface area contributed by atoms with Gasteiger partial charge in [0.1, 0.15) is 11.3 Å². The summed E-state index contributed by atoms with van der Waals surface area (Å²) in [6.07, 6.45) is 1.58. The van der Waals surface area contributed by atoms with Crippen LogP contribution in [0.25, 0.3) is 11.0 Å². The zero-order valence-corrected chi connectivity index (χ0v) is 9.87. The quantitative estimate of drug-likeness (QED) is 0.652. The lowest BCUT2D eigenvalue weighted by molar-refractivity contribution is 0.112. The first-order valence-electron chi connectivity index (χ1n) is 5.36. The second kappa shape index (κ2) is 4.18. The van der Waals surface area contributed by atoms with E-state index < -0.39 is 0 Å². The number of carbonyl (C=O) groups is 1. The predicted octanol–water partition coefficient (Wildman–Crippen LogP) is 3.90. The number of para-hydroxylation sites is 1. The zero-order chi connectivity index (χ0) is 11.7. The van der Waals surface area contributed by atoms with Gasteiger partial charge in [-0.05, 0) is 29.1 Å². The molecule has 0 atom stereocenters. The van der Waals surface area contributed by atoms with Crippen molar-refractivity contribution in [1.82, 2.24) is 0 Å². The van der Waals surface area contributed by atoms with E-state index in [1.165, 1.54) is 11.3 Å². The van der Waals surface area contributed by atoms with Gasteiger partial charge in [-0.3, -0.25) is 4.79 Å². The third-order valence-electron chi connectivity index (χ3n) is 2.73. The molecule has 0 aliphatic heterocycles. The molecule has 0 radical (unpaired) electrons. The summed E-state index contributed by atoms with van der Waals surface area (Å²) >= 11 is 1.47. The largest absolute Gasteiger partial charge is 0.461 e. The molecule has 0 spiro atoms. The van der Waals surface area contributed by atoms with Crippen LogP contribution in [0.2, 0.25) is 0 Å². The number of thiophene rings is 1. The molecule has 84 valence electrons. The summed E-state index contributed by atoms with van der Waals surface area (Å²) in [4.78, 5) is 11.6. The van der Waals surface area contributed by atoms with Crippen molar-refractivity contribution in [3.05, 3.63) is 58.0 Å². The fourth-order valence-corrected chi connectivity index (χ4v) is 2.63. The molecule has 0 aliphatic carbocycles. The Morgan fingerprint density at radius 3 is 2.94 bits per heavy atom. The molecule has 2 heterocycles. The van der Waals surface area contributed by atoms with Gasteiger partial charge in [0.05, 0.1) is 4.88 Å². The molecule has 3 aromatic rings. The minimum absolute atomic E-state index is 0.673. The molecule has 0 saturated carbocycles. The van der Waals surface area contributed by atoms with Crippen molar-refractivity contribution in [2.45, 2.75) is 6.42 Å². The average Bonchev–Trinajstić information content (AvgIpc) is 2.94. The maximum absolute atomic E-state index is 10.8. The smallest absolute Gasteiger partial charge is 0.160 e. The van der Waals surface area contributed by atoms with E-state index in [-0.39, 0.29) is 0 Å². The molecular formula is C14H10O2S. The molecule has 0 amide bonds. The highest BCUT2D eigenvalue weighted by atomic mass is 32.1. The average molecular weight is 242 g/mol. The van der Waals surface area contributed by atoms with Crippen molar-refractivity contribution in [3.63, 3.8) is 0 Å². The van der Waals surface area contributed by atoms with Crippen LogP contribution in [0.5, 0.6) is 0 Å². The summed E-state index contributed by atoms with van der Waals surface area (Å²) in [6.45, 7) is 0. The van der Waals surface area contributed by atoms with Gasteiger partial charge in [-0.1, -0.05) is 18.2 Å². The highest BCUT2D eigenvalue weighted by Crippen LogP contribution is 2.23. The molecular weight excluding hydrogens is 232 g/mol. The van der Waals surface area contributed by atoms with Crippen LogP contribution in [0.15, 0.2) is 46.2 Å². The zero-order valence-electron chi connectivity index (χ0n) is 9.05. The fraction of sp³-hybridized carbons (Fsp3) is 0.0714. The summed E-state index contributed by atoms with van der Waals surface area (Å²) in [5.74, 6) is 0.896. The lowest BCUT2D eigenvalue weighted by Crippen LogP contribution is -1.86. The van der Waals surface area contributed by atoms with Gasteiger partial charge in [0, 0.05) is 11.8 Å². The molecule has 0 fully saturated rings. The Morgan fingerprint density at radius 2 is 2.12 bits per heavy atom. The van der Waals surface area contributed by atoms with Gasteiger partial charge in [0.15, 0.2) is 6.29 Å². The van der Waals surface area contributed by atoms with E-state index in [9.17, 15) is 4.79 Å². The number of hydrogen-bond acceptors (Lipinski definition) is 3. The summed E-state index contributed by atoms with van der Waals surface area (Å²) < 4.78 is 5.73. The Kier molecular flexibility index (Phi) is 2.53. The molecule has 0 unspecified atom stereocenters. The van der Waals surface area contributed by atoms with Gasteiger partial charge in [0.25, 0.3) is 0 Å². The van der Waals surface area contributed by atoms with Gasteiger partial charge in [-0.2, -0.15) is 0 Å². The lowest BCUT2D eigenvalue weighted by Gasteiger charge is -1.94. The van der Waals surface area contributed by atoms with Crippen LogP contribution < -0.4 is 0 Å². The molecule has 0 N–H and O–H groups in total. The minimum atomic E-state index is 0.673. The van der Waals surface area contributed by atoms with E-state index in [1.54, 1.807) is 0 Å². The number of carbonyl (C=O) groups excluding carboxylic acids is 1. The Balaban J connectivity index is 1.97. The van der Waals surface area contributed by atoms with Crippen LogP contribution in [0, 0.1) is 0 Å². The highest BCUT2D eigenvalue weighted by Gasteiger charge is 2.08. The predicted molar refractivity (Wildman–Crippen MR) is 68.7 cm³/mol. The SMILES string of the molecule is O=Cc1sccc1Cc1cc2ccccc2o1. The maximum Gasteiger partial charge on any atom is 0.160 e. The number of furan rings is 1. The molecule has 0 saturated heterocycles. The Morgan fingerprint density at radius 1 is 1.24 bits per heavy atom. The van der Waals surface area contributed by atoms with Crippen LogP contribution >= 0.6 is 11.3 Å². The van der Waals surface area contributed by atoms with E-state index >= 15 is 0 Å². The normalized spacial score (nSPS) is 10.8. The van der Waals surface area contributed by atoms with Crippen molar-refractivity contribution < 1.29 is 9.21 Å². The van der Waals surface area contributed by atoms with Crippen LogP contribution in [0.3, 0.4) is 0 Å². The number of hydrogen-bond donors (Lipinski definition) is 0. The number of rotatable bonds is 3. The third kappa shape index (κ3) is 1.89. The van der Waals surface area contributed by atoms with Crippen LogP contribution in [-0.4, -0.2) is 6.29 Å². The summed E-state index contributed by atoms with van der Waals surface area (Å²) in [5.41, 5.74) is 1.93. The molecule has 1 aromatic carbocycles. The van der Waals surface area contributed by atoms with Gasteiger partial charge < -0.3 is 4.42 Å². The highest BCUT2D eigenvalue weighted by molar-refractivity contribution is 7.11. The molecule has 2 aromatic heterocycles. The van der Waals surface area contributed by atoms with Crippen molar-refractivity contribution in [2.24, 2.45) is 0 Å². The summed E-state index contributed by atoms with van der Waals surface area (Å²) in [5, 5.41) is 3.03. The molecule has 3 heteroatoms. The molecule has 17 heavy (non-hydrogen) atoms. The number of benzene rings is 1. The molecule has 0 bridgehead atoms. The fourth-order valence-electron chi connectivity index (χ4n) is 1.91. The molecule has 3 rings (SSSR count). The van der Waals surface area contributed by atoms with Crippen molar-refractivity contribution in [3.8, 4) is 0 Å². The van der Waals surface area contributed by atoms with Crippen LogP contribution in [0.1, 0.15) is 21.0 Å². The Hall–Kier alpha value is -1.87. The minimum Gasteiger partial charge on any atom is -0.461 e. The van der Waals surface area contributed by atoms with Crippen LogP contribution in [0.4, 0.5) is 0 Å².